The van der Waals surface area contributed by atoms with E-state index < -0.39 is 8.07 Å². The second-order valence-corrected chi connectivity index (χ2v) is 9.30. The minimum absolute atomic E-state index is 0.174. The van der Waals surface area contributed by atoms with Gasteiger partial charge in [0.15, 0.2) is 5.78 Å². The van der Waals surface area contributed by atoms with E-state index in [-0.39, 0.29) is 5.78 Å². The summed E-state index contributed by atoms with van der Waals surface area (Å²) in [4.78, 5) is 11.5. The van der Waals surface area contributed by atoms with Gasteiger partial charge in [0.2, 0.25) is 0 Å². The molecule has 0 aromatic rings. The van der Waals surface area contributed by atoms with E-state index in [1.807, 2.05) is 19.9 Å². The van der Waals surface area contributed by atoms with Crippen molar-refractivity contribution < 1.29 is 4.79 Å². The van der Waals surface area contributed by atoms with Crippen molar-refractivity contribution in [3.05, 3.63) is 23.4 Å². The van der Waals surface area contributed by atoms with Gasteiger partial charge >= 0.3 is 0 Å². The minimum atomic E-state index is -1.22. The molecular formula is C11H20OSi. The Bertz CT molecular complexity index is 231. The molecule has 2 heteroatoms. The van der Waals surface area contributed by atoms with Gasteiger partial charge in [-0.05, 0) is 25.0 Å². The highest BCUT2D eigenvalue weighted by Crippen LogP contribution is 2.06. The van der Waals surface area contributed by atoms with E-state index in [4.69, 9.17) is 0 Å². The number of allylic oxidation sites excluding steroid dienone is 3. The maximum Gasteiger partial charge on any atom is 0.180 e. The Morgan fingerprint density at radius 2 is 1.85 bits per heavy atom. The molecule has 1 nitrogen and oxygen atoms in total. The number of ketones is 1. The van der Waals surface area contributed by atoms with Gasteiger partial charge in [0.05, 0.1) is 8.07 Å². The SMILES string of the molecule is C/C=C(\CC)C(=O)/C=C/[Si](C)(C)C. The molecule has 0 aliphatic heterocycles. The minimum Gasteiger partial charge on any atom is -0.290 e. The first-order valence-corrected chi connectivity index (χ1v) is 8.37. The monoisotopic (exact) mass is 196 g/mol. The summed E-state index contributed by atoms with van der Waals surface area (Å²) in [6, 6.07) is 0. The average Bonchev–Trinajstić information content (AvgIpc) is 2.02. The largest absolute Gasteiger partial charge is 0.290 e. The predicted octanol–water partition coefficient (Wildman–Crippen LogP) is 3.35. The van der Waals surface area contributed by atoms with Gasteiger partial charge in [-0.15, -0.1) is 0 Å². The van der Waals surface area contributed by atoms with Crippen molar-refractivity contribution in [1.82, 2.24) is 0 Å². The number of carbonyl (C=O) groups is 1. The van der Waals surface area contributed by atoms with Crippen molar-refractivity contribution in [3.63, 3.8) is 0 Å². The highest BCUT2D eigenvalue weighted by atomic mass is 28.3. The van der Waals surface area contributed by atoms with Crippen LogP contribution in [-0.2, 0) is 4.79 Å². The van der Waals surface area contributed by atoms with Gasteiger partial charge in [0, 0.05) is 0 Å². The third kappa shape index (κ3) is 5.58. The third-order valence-corrected chi connectivity index (χ3v) is 2.95. The Balaban J connectivity index is 4.40. The maximum atomic E-state index is 11.5. The fraction of sp³-hybridized carbons (Fsp3) is 0.545. The second-order valence-electron chi connectivity index (χ2n) is 4.23. The summed E-state index contributed by atoms with van der Waals surface area (Å²) in [6.45, 7) is 10.6. The molecule has 0 amide bonds. The number of hydrogen-bond acceptors (Lipinski definition) is 1. The van der Waals surface area contributed by atoms with Crippen molar-refractivity contribution >= 4 is 13.9 Å². The van der Waals surface area contributed by atoms with Gasteiger partial charge in [0.1, 0.15) is 0 Å². The molecule has 0 atom stereocenters. The topological polar surface area (TPSA) is 17.1 Å². The molecule has 0 bridgehead atoms. The normalized spacial score (nSPS) is 13.8. The third-order valence-electron chi connectivity index (χ3n) is 1.78. The summed E-state index contributed by atoms with van der Waals surface area (Å²) < 4.78 is 0. The number of rotatable bonds is 4. The van der Waals surface area contributed by atoms with E-state index in [0.717, 1.165) is 12.0 Å². The molecule has 0 aromatic heterocycles. The molecule has 0 unspecified atom stereocenters. The first-order chi connectivity index (χ1) is 5.90. The van der Waals surface area contributed by atoms with Crippen LogP contribution in [0.25, 0.3) is 0 Å². The van der Waals surface area contributed by atoms with Crippen LogP contribution in [0.15, 0.2) is 23.4 Å². The molecule has 0 saturated carbocycles. The molecule has 0 radical (unpaired) electrons. The van der Waals surface area contributed by atoms with E-state index >= 15 is 0 Å². The molecule has 0 aliphatic rings. The fourth-order valence-corrected chi connectivity index (χ4v) is 1.60. The maximum absolute atomic E-state index is 11.5. The average molecular weight is 196 g/mol. The fourth-order valence-electron chi connectivity index (χ4n) is 0.953. The summed E-state index contributed by atoms with van der Waals surface area (Å²) in [5, 5.41) is 0. The van der Waals surface area contributed by atoms with E-state index in [9.17, 15) is 4.79 Å². The van der Waals surface area contributed by atoms with Crippen LogP contribution in [0.4, 0.5) is 0 Å². The van der Waals surface area contributed by atoms with Gasteiger partial charge in [-0.3, -0.25) is 4.79 Å². The quantitative estimate of drug-likeness (QED) is 0.498. The first-order valence-electron chi connectivity index (χ1n) is 4.79. The lowest BCUT2D eigenvalue weighted by Gasteiger charge is -2.07. The Morgan fingerprint density at radius 3 is 2.15 bits per heavy atom. The first kappa shape index (κ1) is 12.4. The van der Waals surface area contributed by atoms with Crippen LogP contribution in [0.1, 0.15) is 20.3 Å². The number of hydrogen-bond donors (Lipinski definition) is 0. The molecule has 13 heavy (non-hydrogen) atoms. The van der Waals surface area contributed by atoms with Gasteiger partial charge in [-0.1, -0.05) is 38.3 Å². The van der Waals surface area contributed by atoms with Crippen LogP contribution in [0.3, 0.4) is 0 Å². The van der Waals surface area contributed by atoms with Crippen molar-refractivity contribution in [3.8, 4) is 0 Å². The molecule has 0 aromatic carbocycles. The summed E-state index contributed by atoms with van der Waals surface area (Å²) >= 11 is 0. The Labute approximate surface area is 82.6 Å². The molecule has 0 aliphatic carbocycles. The molecule has 0 fully saturated rings. The van der Waals surface area contributed by atoms with Crippen LogP contribution in [0, 0.1) is 0 Å². The lowest BCUT2D eigenvalue weighted by molar-refractivity contribution is -0.111. The zero-order valence-corrected chi connectivity index (χ0v) is 10.3. The lowest BCUT2D eigenvalue weighted by Crippen LogP contribution is -2.16. The summed E-state index contributed by atoms with van der Waals surface area (Å²) in [5.74, 6) is 0.174. The van der Waals surface area contributed by atoms with E-state index in [1.54, 1.807) is 6.08 Å². The highest BCUT2D eigenvalue weighted by Gasteiger charge is 2.09. The molecule has 0 rings (SSSR count). The van der Waals surface area contributed by atoms with Gasteiger partial charge < -0.3 is 0 Å². The van der Waals surface area contributed by atoms with Gasteiger partial charge in [0.25, 0.3) is 0 Å². The van der Waals surface area contributed by atoms with E-state index in [1.165, 1.54) is 0 Å². The Kier molecular flexibility index (Phi) is 4.92. The summed E-state index contributed by atoms with van der Waals surface area (Å²) in [6.07, 6.45) is 4.47. The molecule has 74 valence electrons. The van der Waals surface area contributed by atoms with Crippen molar-refractivity contribution in [2.75, 3.05) is 0 Å². The van der Waals surface area contributed by atoms with Crippen molar-refractivity contribution in [1.29, 1.82) is 0 Å². The standard InChI is InChI=1S/C11H20OSi/c1-6-10(7-2)11(12)8-9-13(3,4)5/h6,8-9H,7H2,1-5H3/b9-8+,10-6+. The smallest absolute Gasteiger partial charge is 0.180 e. The molecule has 0 spiro atoms. The summed E-state index contributed by atoms with van der Waals surface area (Å²) in [7, 11) is -1.22. The van der Waals surface area contributed by atoms with E-state index in [2.05, 4.69) is 25.3 Å². The second kappa shape index (κ2) is 5.17. The zero-order chi connectivity index (χ0) is 10.5. The Morgan fingerprint density at radius 1 is 1.31 bits per heavy atom. The lowest BCUT2D eigenvalue weighted by atomic mass is 10.1. The van der Waals surface area contributed by atoms with Crippen LogP contribution >= 0.6 is 0 Å². The Hall–Kier alpha value is -0.633. The number of carbonyl (C=O) groups excluding carboxylic acids is 1. The highest BCUT2D eigenvalue weighted by molar-refractivity contribution is 6.81. The van der Waals surface area contributed by atoms with Crippen LogP contribution < -0.4 is 0 Å². The molecule has 0 saturated heterocycles. The van der Waals surface area contributed by atoms with Gasteiger partial charge in [-0.2, -0.15) is 0 Å². The van der Waals surface area contributed by atoms with Gasteiger partial charge in [-0.25, -0.2) is 0 Å². The van der Waals surface area contributed by atoms with Crippen LogP contribution in [0.5, 0.6) is 0 Å². The van der Waals surface area contributed by atoms with Crippen LogP contribution in [-0.4, -0.2) is 13.9 Å². The molecule has 0 N–H and O–H groups in total. The zero-order valence-electron chi connectivity index (χ0n) is 9.35. The molecule has 0 heterocycles. The van der Waals surface area contributed by atoms with Crippen molar-refractivity contribution in [2.24, 2.45) is 0 Å². The van der Waals surface area contributed by atoms with E-state index in [0.29, 0.717) is 0 Å². The van der Waals surface area contributed by atoms with Crippen molar-refractivity contribution in [2.45, 2.75) is 39.9 Å². The molecular weight excluding hydrogens is 176 g/mol. The summed E-state index contributed by atoms with van der Waals surface area (Å²) in [5.41, 5.74) is 3.00. The predicted molar refractivity (Wildman–Crippen MR) is 61.5 cm³/mol. The van der Waals surface area contributed by atoms with Crippen LogP contribution in [0.2, 0.25) is 19.6 Å².